The lowest BCUT2D eigenvalue weighted by molar-refractivity contribution is -0.0979. The van der Waals surface area contributed by atoms with Crippen molar-refractivity contribution in [3.05, 3.63) is 109 Å². The van der Waals surface area contributed by atoms with E-state index in [-0.39, 0.29) is 0 Å². The van der Waals surface area contributed by atoms with Crippen LogP contribution < -0.4 is 0 Å². The fourth-order valence-corrected chi connectivity index (χ4v) is 3.18. The van der Waals surface area contributed by atoms with Gasteiger partial charge in [0, 0.05) is 0 Å². The second-order valence-electron chi connectivity index (χ2n) is 5.83. The summed E-state index contributed by atoms with van der Waals surface area (Å²) in [5, 5.41) is 0. The van der Waals surface area contributed by atoms with Crippen molar-refractivity contribution in [3.63, 3.8) is 0 Å². The molecule has 1 nitrogen and oxygen atoms in total. The van der Waals surface area contributed by atoms with E-state index in [4.69, 9.17) is 4.79 Å². The third-order valence-corrected chi connectivity index (χ3v) is 4.30. The Morgan fingerprint density at radius 2 is 0.731 bits per heavy atom. The largest absolute Gasteiger partial charge is 0.307 e. The smallest absolute Gasteiger partial charge is 0.106 e. The number of benzene rings is 4. The molecule has 0 aliphatic rings. The molecule has 0 saturated heterocycles. The molecule has 126 valence electrons. The Morgan fingerprint density at radius 3 is 1.12 bits per heavy atom. The molecule has 0 bridgehead atoms. The Hall–Kier alpha value is -3.45. The molecular formula is C25H20O. The Labute approximate surface area is 154 Å². The third-order valence-electron chi connectivity index (χ3n) is 4.30. The van der Waals surface area contributed by atoms with Gasteiger partial charge in [-0.2, -0.15) is 0 Å². The van der Waals surface area contributed by atoms with Gasteiger partial charge in [0.15, 0.2) is 0 Å². The van der Waals surface area contributed by atoms with Gasteiger partial charge in [0.1, 0.15) is 6.79 Å². The lowest BCUT2D eigenvalue weighted by Gasteiger charge is -2.16. The molecule has 0 amide bonds. The highest BCUT2D eigenvalue weighted by Gasteiger charge is 2.13. The van der Waals surface area contributed by atoms with Crippen LogP contribution in [0, 0.1) is 0 Å². The van der Waals surface area contributed by atoms with Gasteiger partial charge in [0.2, 0.25) is 0 Å². The number of carbonyl (C=O) groups is 1. The Balaban J connectivity index is 0.000000948. The average molecular weight is 336 g/mol. The summed E-state index contributed by atoms with van der Waals surface area (Å²) in [6.45, 7) is 2.00. The van der Waals surface area contributed by atoms with E-state index >= 15 is 0 Å². The molecule has 0 saturated carbocycles. The fourth-order valence-electron chi connectivity index (χ4n) is 3.18. The Kier molecular flexibility index (Phi) is 5.74. The van der Waals surface area contributed by atoms with Gasteiger partial charge in [-0.3, -0.25) is 0 Å². The third kappa shape index (κ3) is 3.62. The van der Waals surface area contributed by atoms with Gasteiger partial charge in [-0.25, -0.2) is 0 Å². The molecule has 0 heterocycles. The van der Waals surface area contributed by atoms with Crippen molar-refractivity contribution >= 4 is 6.79 Å². The highest BCUT2D eigenvalue weighted by Crippen LogP contribution is 2.39. The van der Waals surface area contributed by atoms with Crippen molar-refractivity contribution in [2.75, 3.05) is 0 Å². The summed E-state index contributed by atoms with van der Waals surface area (Å²) in [6, 6.07) is 38.4. The molecule has 4 aromatic carbocycles. The second-order valence-corrected chi connectivity index (χ2v) is 5.83. The van der Waals surface area contributed by atoms with Crippen molar-refractivity contribution in [3.8, 4) is 33.4 Å². The molecule has 0 aliphatic carbocycles. The zero-order valence-corrected chi connectivity index (χ0v) is 14.5. The highest BCUT2D eigenvalue weighted by atomic mass is 16.1. The summed E-state index contributed by atoms with van der Waals surface area (Å²) >= 11 is 0. The van der Waals surface area contributed by atoms with Gasteiger partial charge in [-0.1, -0.05) is 109 Å². The van der Waals surface area contributed by atoms with Crippen LogP contribution in [-0.2, 0) is 4.79 Å². The number of carbonyl (C=O) groups excluding carboxylic acids is 1. The van der Waals surface area contributed by atoms with E-state index in [1.165, 1.54) is 33.4 Å². The number of hydrogen-bond donors (Lipinski definition) is 0. The van der Waals surface area contributed by atoms with Crippen LogP contribution in [0.2, 0.25) is 0 Å². The maximum Gasteiger partial charge on any atom is 0.106 e. The van der Waals surface area contributed by atoms with Crippen LogP contribution in [0.1, 0.15) is 0 Å². The zero-order chi connectivity index (χ0) is 18.2. The summed E-state index contributed by atoms with van der Waals surface area (Å²) < 4.78 is 0. The average Bonchev–Trinajstić information content (AvgIpc) is 2.76. The molecule has 0 aliphatic heterocycles. The molecule has 0 spiro atoms. The normalized spacial score (nSPS) is 9.85. The maximum atomic E-state index is 8.00. The molecule has 26 heavy (non-hydrogen) atoms. The van der Waals surface area contributed by atoms with Crippen molar-refractivity contribution in [1.29, 1.82) is 0 Å². The topological polar surface area (TPSA) is 17.1 Å². The van der Waals surface area contributed by atoms with Gasteiger partial charge < -0.3 is 4.79 Å². The number of hydrogen-bond acceptors (Lipinski definition) is 1. The van der Waals surface area contributed by atoms with Crippen molar-refractivity contribution in [1.82, 2.24) is 0 Å². The Morgan fingerprint density at radius 1 is 0.385 bits per heavy atom. The van der Waals surface area contributed by atoms with Crippen LogP contribution in [0.5, 0.6) is 0 Å². The maximum absolute atomic E-state index is 8.00. The van der Waals surface area contributed by atoms with Gasteiger partial charge in [0.05, 0.1) is 0 Å². The van der Waals surface area contributed by atoms with E-state index in [0.29, 0.717) is 0 Å². The molecule has 0 radical (unpaired) electrons. The molecule has 4 rings (SSSR count). The standard InChI is InChI=1S/C24H18.CH2O/c1-4-11-19(12-5-1)22-17-10-18-23(20-13-6-2-7-14-20)24(22)21-15-8-3-9-16-21;1-2/h1-18H;1H2. The van der Waals surface area contributed by atoms with Crippen molar-refractivity contribution in [2.45, 2.75) is 0 Å². The van der Waals surface area contributed by atoms with Crippen LogP contribution in [0.3, 0.4) is 0 Å². The van der Waals surface area contributed by atoms with E-state index in [1.807, 2.05) is 6.79 Å². The first-order valence-electron chi connectivity index (χ1n) is 8.51. The van der Waals surface area contributed by atoms with Crippen LogP contribution in [-0.4, -0.2) is 6.79 Å². The van der Waals surface area contributed by atoms with E-state index < -0.39 is 0 Å². The molecule has 4 aromatic rings. The molecule has 0 aromatic heterocycles. The molecule has 0 unspecified atom stereocenters. The summed E-state index contributed by atoms with van der Waals surface area (Å²) in [5.74, 6) is 0. The summed E-state index contributed by atoms with van der Waals surface area (Å²) in [5.41, 5.74) is 7.56. The minimum absolute atomic E-state index is 1.24. The van der Waals surface area contributed by atoms with E-state index in [1.54, 1.807) is 0 Å². The van der Waals surface area contributed by atoms with Crippen molar-refractivity contribution < 1.29 is 4.79 Å². The molecule has 0 atom stereocenters. The molecule has 0 N–H and O–H groups in total. The minimum atomic E-state index is 1.24. The SMILES string of the molecule is C=O.c1ccc(-c2cccc(-c3ccccc3)c2-c2ccccc2)cc1. The molecule has 1 heteroatoms. The van der Waals surface area contributed by atoms with E-state index in [0.717, 1.165) is 0 Å². The van der Waals surface area contributed by atoms with Gasteiger partial charge in [-0.05, 0) is 33.4 Å². The second kappa shape index (κ2) is 8.59. The predicted molar refractivity (Wildman–Crippen MR) is 110 cm³/mol. The zero-order valence-electron chi connectivity index (χ0n) is 14.5. The van der Waals surface area contributed by atoms with Gasteiger partial charge in [0.25, 0.3) is 0 Å². The van der Waals surface area contributed by atoms with Gasteiger partial charge >= 0.3 is 0 Å². The highest BCUT2D eigenvalue weighted by molar-refractivity contribution is 5.94. The quantitative estimate of drug-likeness (QED) is 0.417. The van der Waals surface area contributed by atoms with E-state index in [9.17, 15) is 0 Å². The Bertz CT molecular complexity index is 887. The lowest BCUT2D eigenvalue weighted by Crippen LogP contribution is -1.90. The predicted octanol–water partition coefficient (Wildman–Crippen LogP) is 6.50. The first kappa shape index (κ1) is 17.4. The van der Waals surface area contributed by atoms with Crippen LogP contribution >= 0.6 is 0 Å². The van der Waals surface area contributed by atoms with Crippen molar-refractivity contribution in [2.24, 2.45) is 0 Å². The summed E-state index contributed by atoms with van der Waals surface area (Å²) in [7, 11) is 0. The van der Waals surface area contributed by atoms with Crippen LogP contribution in [0.4, 0.5) is 0 Å². The van der Waals surface area contributed by atoms with Crippen LogP contribution in [0.25, 0.3) is 33.4 Å². The number of rotatable bonds is 3. The summed E-state index contributed by atoms with van der Waals surface area (Å²) in [6.07, 6.45) is 0. The fraction of sp³-hybridized carbons (Fsp3) is 0. The van der Waals surface area contributed by atoms with E-state index in [2.05, 4.69) is 109 Å². The first-order valence-corrected chi connectivity index (χ1v) is 8.51. The van der Waals surface area contributed by atoms with Gasteiger partial charge in [-0.15, -0.1) is 0 Å². The first-order chi connectivity index (χ1) is 12.9. The molecular weight excluding hydrogens is 316 g/mol. The minimum Gasteiger partial charge on any atom is -0.307 e. The monoisotopic (exact) mass is 336 g/mol. The summed E-state index contributed by atoms with van der Waals surface area (Å²) in [4.78, 5) is 8.00. The lowest BCUT2D eigenvalue weighted by atomic mass is 9.88. The van der Waals surface area contributed by atoms with Crippen LogP contribution in [0.15, 0.2) is 109 Å². The molecule has 0 fully saturated rings.